The van der Waals surface area contributed by atoms with Crippen LogP contribution in [0.5, 0.6) is 0 Å². The molecular weight excluding hydrogens is 204 g/mol. The van der Waals surface area contributed by atoms with E-state index in [0.29, 0.717) is 16.8 Å². The van der Waals surface area contributed by atoms with Crippen molar-refractivity contribution in [1.29, 1.82) is 0 Å². The predicted octanol–water partition coefficient (Wildman–Crippen LogP) is 2.55. The van der Waals surface area contributed by atoms with Gasteiger partial charge in [-0.1, -0.05) is 14.0 Å². The Morgan fingerprint density at radius 2 is 2.08 bits per heavy atom. The van der Waals surface area contributed by atoms with Gasteiger partial charge in [0.2, 0.25) is 0 Å². The average Bonchev–Trinajstić information content (AvgIpc) is 2.51. The summed E-state index contributed by atoms with van der Waals surface area (Å²) in [5.41, 5.74) is 0.475. The number of thioether (sulfide) groups is 2. The number of rotatable bonds is 3. The van der Waals surface area contributed by atoms with Gasteiger partial charge < -0.3 is 4.74 Å². The van der Waals surface area contributed by atoms with Crippen LogP contribution in [0.4, 0.5) is 0 Å². The van der Waals surface area contributed by atoms with E-state index in [0.717, 1.165) is 0 Å². The van der Waals surface area contributed by atoms with Crippen molar-refractivity contribution < 1.29 is 9.53 Å². The lowest BCUT2D eigenvalue weighted by atomic mass is 10.4. The van der Waals surface area contributed by atoms with Crippen molar-refractivity contribution in [2.45, 2.75) is 18.9 Å². The van der Waals surface area contributed by atoms with Crippen LogP contribution in [0.15, 0.2) is 12.2 Å². The van der Waals surface area contributed by atoms with Crippen molar-refractivity contribution in [3.05, 3.63) is 12.2 Å². The maximum atomic E-state index is 11.0. The third-order valence-electron chi connectivity index (χ3n) is 1.39. The van der Waals surface area contributed by atoms with Gasteiger partial charge in [-0.25, -0.2) is 4.79 Å². The Morgan fingerprint density at radius 1 is 1.54 bits per heavy atom. The minimum absolute atomic E-state index is 0. The number of carbonyl (C=O) groups excluding carboxylic acids is 1. The molecule has 0 unspecified atom stereocenters. The van der Waals surface area contributed by atoms with E-state index in [9.17, 15) is 4.79 Å². The Balaban J connectivity index is 0.00000144. The minimum Gasteiger partial charge on any atom is -0.460 e. The Morgan fingerprint density at radius 3 is 2.54 bits per heavy atom. The monoisotopic (exact) mass is 220 g/mol. The van der Waals surface area contributed by atoms with Gasteiger partial charge in [0.05, 0.1) is 4.58 Å². The van der Waals surface area contributed by atoms with Crippen molar-refractivity contribution in [2.24, 2.45) is 0 Å². The van der Waals surface area contributed by atoms with Crippen LogP contribution in [0, 0.1) is 0 Å². The highest BCUT2D eigenvalue weighted by Crippen LogP contribution is 2.31. The van der Waals surface area contributed by atoms with E-state index in [1.165, 1.54) is 11.5 Å². The van der Waals surface area contributed by atoms with Crippen LogP contribution in [-0.2, 0) is 9.53 Å². The van der Waals surface area contributed by atoms with Crippen LogP contribution in [0.25, 0.3) is 0 Å². The smallest absolute Gasteiger partial charge is 0.333 e. The van der Waals surface area contributed by atoms with Gasteiger partial charge in [0.1, 0.15) is 6.61 Å². The Labute approximate surface area is 88.5 Å². The average molecular weight is 220 g/mol. The number of carbonyl (C=O) groups is 1. The molecule has 13 heavy (non-hydrogen) atoms. The van der Waals surface area contributed by atoms with Crippen molar-refractivity contribution in [3.8, 4) is 0 Å². The summed E-state index contributed by atoms with van der Waals surface area (Å²) in [6.07, 6.45) is 0. The van der Waals surface area contributed by atoms with Crippen LogP contribution in [0.2, 0.25) is 0 Å². The van der Waals surface area contributed by atoms with Gasteiger partial charge in [0, 0.05) is 17.1 Å². The highest BCUT2D eigenvalue weighted by molar-refractivity contribution is 8.20. The first-order chi connectivity index (χ1) is 5.70. The fraction of sp³-hybridized carbons (Fsp3) is 0.667. The summed E-state index contributed by atoms with van der Waals surface area (Å²) in [5.74, 6) is 2.06. The molecule has 0 atom stereocenters. The molecule has 0 aromatic heterocycles. The first-order valence-corrected chi connectivity index (χ1v) is 5.85. The fourth-order valence-corrected chi connectivity index (χ4v) is 3.36. The molecule has 1 fully saturated rings. The van der Waals surface area contributed by atoms with E-state index < -0.39 is 0 Å². The quantitative estimate of drug-likeness (QED) is 0.539. The van der Waals surface area contributed by atoms with Gasteiger partial charge in [-0.15, -0.1) is 23.5 Å². The van der Waals surface area contributed by atoms with E-state index in [1.807, 2.05) is 23.5 Å². The molecule has 1 aliphatic heterocycles. The van der Waals surface area contributed by atoms with Crippen LogP contribution in [0.1, 0.15) is 14.4 Å². The minimum atomic E-state index is -0.275. The van der Waals surface area contributed by atoms with E-state index in [2.05, 4.69) is 6.58 Å². The van der Waals surface area contributed by atoms with Gasteiger partial charge in [-0.2, -0.15) is 0 Å². The predicted molar refractivity (Wildman–Crippen MR) is 61.2 cm³/mol. The van der Waals surface area contributed by atoms with Crippen LogP contribution >= 0.6 is 23.5 Å². The van der Waals surface area contributed by atoms with E-state index >= 15 is 0 Å². The molecule has 0 amide bonds. The van der Waals surface area contributed by atoms with Gasteiger partial charge in [0.25, 0.3) is 0 Å². The fourth-order valence-electron chi connectivity index (χ4n) is 0.770. The SMILES string of the molecule is C.C=C(C)C(=O)OCC1SCCS1. The second-order valence-corrected chi connectivity index (χ2v) is 5.47. The van der Waals surface area contributed by atoms with Crippen molar-refractivity contribution in [3.63, 3.8) is 0 Å². The number of hydrogen-bond donors (Lipinski definition) is 0. The zero-order valence-corrected chi connectivity index (χ0v) is 8.67. The third kappa shape index (κ3) is 4.62. The van der Waals surface area contributed by atoms with Gasteiger partial charge in [0.15, 0.2) is 0 Å². The normalized spacial score (nSPS) is 16.4. The van der Waals surface area contributed by atoms with Gasteiger partial charge in [-0.05, 0) is 6.92 Å². The van der Waals surface area contributed by atoms with Crippen molar-refractivity contribution in [1.82, 2.24) is 0 Å². The lowest BCUT2D eigenvalue weighted by Gasteiger charge is -2.08. The van der Waals surface area contributed by atoms with E-state index in [4.69, 9.17) is 4.74 Å². The molecule has 0 aliphatic carbocycles. The molecule has 0 spiro atoms. The van der Waals surface area contributed by atoms with Gasteiger partial charge in [-0.3, -0.25) is 0 Å². The Hall–Kier alpha value is -0.0900. The molecule has 0 aromatic rings. The lowest BCUT2D eigenvalue weighted by Crippen LogP contribution is -2.12. The summed E-state index contributed by atoms with van der Waals surface area (Å²) in [5, 5.41) is 0. The molecule has 1 saturated heterocycles. The number of ether oxygens (including phenoxy) is 1. The molecular formula is C9H16O2S2. The summed E-state index contributed by atoms with van der Waals surface area (Å²) in [6.45, 7) is 5.69. The first kappa shape index (κ1) is 12.9. The van der Waals surface area contributed by atoms with E-state index in [-0.39, 0.29) is 13.4 Å². The molecule has 4 heteroatoms. The van der Waals surface area contributed by atoms with E-state index in [1.54, 1.807) is 6.92 Å². The highest BCUT2D eigenvalue weighted by Gasteiger charge is 2.17. The zero-order chi connectivity index (χ0) is 8.97. The summed E-state index contributed by atoms with van der Waals surface area (Å²) >= 11 is 3.70. The van der Waals surface area contributed by atoms with Crippen LogP contribution in [-0.4, -0.2) is 28.7 Å². The van der Waals surface area contributed by atoms with Crippen LogP contribution in [0.3, 0.4) is 0 Å². The second-order valence-electron chi connectivity index (χ2n) is 2.55. The number of hydrogen-bond acceptors (Lipinski definition) is 4. The molecule has 1 rings (SSSR count). The summed E-state index contributed by atoms with van der Waals surface area (Å²) < 4.78 is 5.45. The topological polar surface area (TPSA) is 26.3 Å². The molecule has 0 N–H and O–H groups in total. The zero-order valence-electron chi connectivity index (χ0n) is 7.04. The lowest BCUT2D eigenvalue weighted by molar-refractivity contribution is -0.138. The largest absolute Gasteiger partial charge is 0.460 e. The number of esters is 1. The van der Waals surface area contributed by atoms with Crippen LogP contribution < -0.4 is 0 Å². The molecule has 0 radical (unpaired) electrons. The van der Waals surface area contributed by atoms with Crippen molar-refractivity contribution >= 4 is 29.5 Å². The standard InChI is InChI=1S/C8H12O2S2.CH4/c1-6(2)8(9)10-5-7-11-3-4-12-7;/h7H,1,3-5H2,2H3;1H4. The molecule has 2 nitrogen and oxygen atoms in total. The molecule has 76 valence electrons. The first-order valence-electron chi connectivity index (χ1n) is 3.76. The maximum Gasteiger partial charge on any atom is 0.333 e. The third-order valence-corrected chi connectivity index (χ3v) is 4.36. The molecule has 0 aromatic carbocycles. The highest BCUT2D eigenvalue weighted by atomic mass is 32.2. The Kier molecular flexibility index (Phi) is 6.33. The Bertz CT molecular complexity index is 186. The second kappa shape index (κ2) is 6.38. The van der Waals surface area contributed by atoms with Gasteiger partial charge >= 0.3 is 5.97 Å². The molecule has 0 saturated carbocycles. The molecule has 1 aliphatic rings. The summed E-state index contributed by atoms with van der Waals surface area (Å²) in [6, 6.07) is 0. The summed E-state index contributed by atoms with van der Waals surface area (Å²) in [4.78, 5) is 11.0. The molecule has 0 bridgehead atoms. The summed E-state index contributed by atoms with van der Waals surface area (Å²) in [7, 11) is 0. The van der Waals surface area contributed by atoms with Crippen molar-refractivity contribution in [2.75, 3.05) is 18.1 Å². The molecule has 1 heterocycles. The maximum absolute atomic E-state index is 11.0.